The third-order valence-corrected chi connectivity index (χ3v) is 1.67. The summed E-state index contributed by atoms with van der Waals surface area (Å²) in [6.45, 7) is 3.73. The van der Waals surface area contributed by atoms with Gasteiger partial charge in [0.05, 0.1) is 12.0 Å². The van der Waals surface area contributed by atoms with Crippen molar-refractivity contribution in [2.45, 2.75) is 18.7 Å². The number of benzene rings is 1. The van der Waals surface area contributed by atoms with Gasteiger partial charge in [-0.15, -0.1) is 11.6 Å². The second kappa shape index (κ2) is 4.39. The van der Waals surface area contributed by atoms with Crippen molar-refractivity contribution in [3.63, 3.8) is 0 Å². The molecule has 0 aromatic heterocycles. The zero-order chi connectivity index (χ0) is 10.6. The average Bonchev–Trinajstić information content (AvgIpc) is 2.14. The molecule has 0 aliphatic rings. The van der Waals surface area contributed by atoms with Crippen molar-refractivity contribution in [3.8, 4) is 17.6 Å². The molecule has 1 aromatic carbocycles. The van der Waals surface area contributed by atoms with Crippen LogP contribution in [-0.2, 0) is 0 Å². The molecule has 0 radical (unpaired) electrons. The van der Waals surface area contributed by atoms with Crippen molar-refractivity contribution in [2.75, 3.05) is 7.11 Å². The summed E-state index contributed by atoms with van der Waals surface area (Å²) in [5, 5.41) is 0. The van der Waals surface area contributed by atoms with Crippen LogP contribution < -0.4 is 4.74 Å². The topological polar surface area (TPSA) is 9.23 Å². The molecule has 1 aromatic rings. The van der Waals surface area contributed by atoms with Crippen LogP contribution in [0.15, 0.2) is 24.3 Å². The van der Waals surface area contributed by atoms with Crippen molar-refractivity contribution in [1.29, 1.82) is 0 Å². The minimum absolute atomic E-state index is 0.483. The molecule has 1 nitrogen and oxygen atoms in total. The smallest absolute Gasteiger partial charge is 0.120 e. The van der Waals surface area contributed by atoms with E-state index in [0.29, 0.717) is 0 Å². The number of methoxy groups -OCH3 is 1. The van der Waals surface area contributed by atoms with E-state index in [1.165, 1.54) is 0 Å². The number of alkyl halides is 1. The molecule has 0 N–H and O–H groups in total. The molecule has 0 heterocycles. The molecule has 0 saturated heterocycles. The lowest BCUT2D eigenvalue weighted by Crippen LogP contribution is -2.04. The fourth-order valence-electron chi connectivity index (χ4n) is 0.922. The third-order valence-electron chi connectivity index (χ3n) is 1.57. The van der Waals surface area contributed by atoms with Crippen LogP contribution in [0.3, 0.4) is 0 Å². The summed E-state index contributed by atoms with van der Waals surface area (Å²) in [6, 6.07) is 7.61. The standard InChI is InChI=1S/C12H13ClO/c1-12(2,13)8-7-10-5-4-6-11(9-10)14-3/h4-6,9H,1-3H3. The minimum atomic E-state index is -0.483. The Morgan fingerprint density at radius 1 is 1.36 bits per heavy atom. The molecule has 74 valence electrons. The van der Waals surface area contributed by atoms with E-state index in [-0.39, 0.29) is 0 Å². The van der Waals surface area contributed by atoms with Crippen molar-refractivity contribution in [3.05, 3.63) is 29.8 Å². The van der Waals surface area contributed by atoms with Gasteiger partial charge in [-0.2, -0.15) is 0 Å². The molecular weight excluding hydrogens is 196 g/mol. The Bertz CT molecular complexity index is 366. The van der Waals surface area contributed by atoms with Crippen molar-refractivity contribution >= 4 is 11.6 Å². The summed E-state index contributed by atoms with van der Waals surface area (Å²) in [5.41, 5.74) is 0.915. The highest BCUT2D eigenvalue weighted by Gasteiger charge is 2.06. The molecule has 0 unspecified atom stereocenters. The van der Waals surface area contributed by atoms with Crippen LogP contribution >= 0.6 is 11.6 Å². The van der Waals surface area contributed by atoms with Gasteiger partial charge in [-0.05, 0) is 32.0 Å². The average molecular weight is 209 g/mol. The maximum Gasteiger partial charge on any atom is 0.120 e. The summed E-state index contributed by atoms with van der Waals surface area (Å²) in [5.74, 6) is 6.76. The quantitative estimate of drug-likeness (QED) is 0.509. The van der Waals surface area contributed by atoms with Gasteiger partial charge in [-0.25, -0.2) is 0 Å². The molecule has 0 spiro atoms. The molecule has 0 amide bonds. The van der Waals surface area contributed by atoms with Gasteiger partial charge >= 0.3 is 0 Å². The number of hydrogen-bond acceptors (Lipinski definition) is 1. The van der Waals surface area contributed by atoms with Crippen LogP contribution in [0.2, 0.25) is 0 Å². The lowest BCUT2D eigenvalue weighted by atomic mass is 10.1. The van der Waals surface area contributed by atoms with Gasteiger partial charge in [0.1, 0.15) is 5.75 Å². The van der Waals surface area contributed by atoms with E-state index < -0.39 is 4.87 Å². The zero-order valence-corrected chi connectivity index (χ0v) is 9.35. The van der Waals surface area contributed by atoms with E-state index in [1.54, 1.807) is 7.11 Å². The summed E-state index contributed by atoms with van der Waals surface area (Å²) < 4.78 is 5.09. The number of halogens is 1. The Morgan fingerprint density at radius 3 is 2.64 bits per heavy atom. The van der Waals surface area contributed by atoms with E-state index in [2.05, 4.69) is 11.8 Å². The van der Waals surface area contributed by atoms with E-state index in [0.717, 1.165) is 11.3 Å². The molecule has 2 heteroatoms. The molecule has 0 fully saturated rings. The summed E-state index contributed by atoms with van der Waals surface area (Å²) in [4.78, 5) is -0.483. The lowest BCUT2D eigenvalue weighted by Gasteiger charge is -2.04. The second-order valence-corrected chi connectivity index (χ2v) is 4.40. The first-order valence-corrected chi connectivity index (χ1v) is 4.75. The van der Waals surface area contributed by atoms with Gasteiger partial charge in [0.25, 0.3) is 0 Å². The molecule has 0 aliphatic heterocycles. The molecule has 0 aliphatic carbocycles. The molecule has 0 saturated carbocycles. The van der Waals surface area contributed by atoms with Gasteiger partial charge < -0.3 is 4.74 Å². The van der Waals surface area contributed by atoms with E-state index in [1.807, 2.05) is 38.1 Å². The molecular formula is C12H13ClO. The van der Waals surface area contributed by atoms with Gasteiger partial charge in [-0.3, -0.25) is 0 Å². The monoisotopic (exact) mass is 208 g/mol. The van der Waals surface area contributed by atoms with Crippen molar-refractivity contribution in [2.24, 2.45) is 0 Å². The van der Waals surface area contributed by atoms with Gasteiger partial charge in [0, 0.05) is 5.56 Å². The van der Waals surface area contributed by atoms with Crippen molar-refractivity contribution < 1.29 is 4.74 Å². The first kappa shape index (κ1) is 10.9. The first-order chi connectivity index (χ1) is 6.51. The van der Waals surface area contributed by atoms with Crippen LogP contribution in [0, 0.1) is 11.8 Å². The second-order valence-electron chi connectivity index (χ2n) is 3.45. The summed E-state index contributed by atoms with van der Waals surface area (Å²) >= 11 is 5.95. The van der Waals surface area contributed by atoms with Crippen LogP contribution in [-0.4, -0.2) is 12.0 Å². The Kier molecular flexibility index (Phi) is 3.43. The van der Waals surface area contributed by atoms with E-state index in [9.17, 15) is 0 Å². The molecule has 1 rings (SSSR count). The minimum Gasteiger partial charge on any atom is -0.497 e. The largest absolute Gasteiger partial charge is 0.497 e. The normalized spacial score (nSPS) is 10.3. The molecule has 0 bridgehead atoms. The van der Waals surface area contributed by atoms with E-state index in [4.69, 9.17) is 16.3 Å². The summed E-state index contributed by atoms with van der Waals surface area (Å²) in [6.07, 6.45) is 0. The third kappa shape index (κ3) is 3.72. The predicted octanol–water partition coefficient (Wildman–Crippen LogP) is 3.06. The Balaban J connectivity index is 2.90. The van der Waals surface area contributed by atoms with Crippen LogP contribution in [0.4, 0.5) is 0 Å². The predicted molar refractivity (Wildman–Crippen MR) is 59.8 cm³/mol. The Hall–Kier alpha value is -1.13. The zero-order valence-electron chi connectivity index (χ0n) is 8.60. The lowest BCUT2D eigenvalue weighted by molar-refractivity contribution is 0.414. The highest BCUT2D eigenvalue weighted by atomic mass is 35.5. The van der Waals surface area contributed by atoms with Gasteiger partial charge in [0.2, 0.25) is 0 Å². The van der Waals surface area contributed by atoms with Crippen LogP contribution in [0.25, 0.3) is 0 Å². The number of hydrogen-bond donors (Lipinski definition) is 0. The Labute approximate surface area is 90.0 Å². The van der Waals surface area contributed by atoms with Gasteiger partial charge in [-0.1, -0.05) is 17.9 Å². The highest BCUT2D eigenvalue weighted by molar-refractivity contribution is 6.25. The maximum absolute atomic E-state index is 5.95. The fraction of sp³-hybridized carbons (Fsp3) is 0.333. The maximum atomic E-state index is 5.95. The van der Waals surface area contributed by atoms with Gasteiger partial charge in [0.15, 0.2) is 0 Å². The Morgan fingerprint density at radius 2 is 2.07 bits per heavy atom. The summed E-state index contributed by atoms with van der Waals surface area (Å²) in [7, 11) is 1.64. The fourth-order valence-corrected chi connectivity index (χ4v) is 0.969. The number of rotatable bonds is 1. The molecule has 14 heavy (non-hydrogen) atoms. The van der Waals surface area contributed by atoms with Crippen molar-refractivity contribution in [1.82, 2.24) is 0 Å². The van der Waals surface area contributed by atoms with Crippen LogP contribution in [0.5, 0.6) is 5.75 Å². The SMILES string of the molecule is COc1cccc(C#CC(C)(C)Cl)c1. The van der Waals surface area contributed by atoms with Crippen LogP contribution in [0.1, 0.15) is 19.4 Å². The highest BCUT2D eigenvalue weighted by Crippen LogP contribution is 2.13. The molecule has 0 atom stereocenters. The number of ether oxygens (including phenoxy) is 1. The van der Waals surface area contributed by atoms with E-state index >= 15 is 0 Å². The first-order valence-electron chi connectivity index (χ1n) is 4.37.